The van der Waals surface area contributed by atoms with Gasteiger partial charge in [-0.3, -0.25) is 0 Å². The van der Waals surface area contributed by atoms with Gasteiger partial charge in [0.2, 0.25) is 5.95 Å². The van der Waals surface area contributed by atoms with E-state index in [-0.39, 0.29) is 39.5 Å². The fraction of sp³-hybridized carbons (Fsp3) is 0.200. The molecule has 0 atom stereocenters. The molecule has 9 nitrogen and oxygen atoms in total. The van der Waals surface area contributed by atoms with E-state index in [1.165, 1.54) is 12.1 Å². The molecule has 10 heteroatoms. The van der Waals surface area contributed by atoms with Gasteiger partial charge in [-0.25, -0.2) is 9.78 Å². The fourth-order valence-electron chi connectivity index (χ4n) is 2.04. The number of carboxylic acids is 1. The number of aliphatic carboxylic acids is 1. The van der Waals surface area contributed by atoms with E-state index in [2.05, 4.69) is 9.97 Å². The lowest BCUT2D eigenvalue weighted by Gasteiger charge is -2.15. The molecule has 130 valence electrons. The summed E-state index contributed by atoms with van der Waals surface area (Å²) in [5, 5.41) is 18.2. The Hall–Kier alpha value is -3.25. The highest BCUT2D eigenvalue weighted by Crippen LogP contribution is 2.39. The zero-order chi connectivity index (χ0) is 18.6. The number of aromatic nitrogens is 2. The lowest BCUT2D eigenvalue weighted by Crippen LogP contribution is -2.10. The molecule has 0 amide bonds. The third kappa shape index (κ3) is 3.99. The molecule has 1 heterocycles. The molecule has 0 aliphatic heterocycles. The summed E-state index contributed by atoms with van der Waals surface area (Å²) in [6, 6.07) is 4.76. The summed E-state index contributed by atoms with van der Waals surface area (Å²) in [5.74, 6) is -0.961. The second-order valence-corrected chi connectivity index (χ2v) is 5.10. The topological polar surface area (TPSA) is 157 Å². The van der Waals surface area contributed by atoms with Gasteiger partial charge in [-0.2, -0.15) is 10.2 Å². The van der Waals surface area contributed by atoms with Gasteiger partial charge >= 0.3 is 5.97 Å². The first-order valence-electron chi connectivity index (χ1n) is 7.01. The van der Waals surface area contributed by atoms with Crippen LogP contribution in [-0.4, -0.2) is 34.3 Å². The molecule has 0 aliphatic carbocycles. The Morgan fingerprint density at radius 3 is 2.60 bits per heavy atom. The van der Waals surface area contributed by atoms with E-state index in [0.29, 0.717) is 12.2 Å². The summed E-state index contributed by atoms with van der Waals surface area (Å²) in [7, 11) is 0. The monoisotopic (exact) mass is 363 g/mol. The quantitative estimate of drug-likeness (QED) is 0.694. The van der Waals surface area contributed by atoms with Crippen LogP contribution >= 0.6 is 11.6 Å². The standard InChI is InChI=1S/C15H14ClN5O4/c1-2-24-10-3-7(9(16)4-11(10)25-6-12(22)23)13-8(5-17)14(18)21-15(19)20-13/h3-4H,2,6H2,1H3,(H,22,23)(H4,18,19,20,21). The minimum absolute atomic E-state index is 0.0118. The number of hydrogen-bond acceptors (Lipinski definition) is 8. The summed E-state index contributed by atoms with van der Waals surface area (Å²) in [6.45, 7) is 1.48. The minimum atomic E-state index is -1.15. The first-order valence-corrected chi connectivity index (χ1v) is 7.39. The summed E-state index contributed by atoms with van der Waals surface area (Å²) >= 11 is 6.25. The van der Waals surface area contributed by atoms with Crippen molar-refractivity contribution in [3.63, 3.8) is 0 Å². The molecule has 5 N–H and O–H groups in total. The van der Waals surface area contributed by atoms with Crippen LogP contribution in [0.4, 0.5) is 11.8 Å². The molecule has 0 saturated carbocycles. The molecule has 0 saturated heterocycles. The maximum absolute atomic E-state index is 10.7. The lowest BCUT2D eigenvalue weighted by atomic mass is 10.1. The Morgan fingerprint density at radius 1 is 1.32 bits per heavy atom. The van der Waals surface area contributed by atoms with Gasteiger partial charge < -0.3 is 26.0 Å². The Bertz CT molecular complexity index is 866. The molecular weight excluding hydrogens is 350 g/mol. The second kappa shape index (κ2) is 7.55. The Labute approximate surface area is 147 Å². The van der Waals surface area contributed by atoms with Crippen LogP contribution in [0, 0.1) is 11.3 Å². The third-order valence-electron chi connectivity index (χ3n) is 3.01. The lowest BCUT2D eigenvalue weighted by molar-refractivity contribution is -0.139. The van der Waals surface area contributed by atoms with Gasteiger partial charge in [-0.15, -0.1) is 0 Å². The molecular formula is C15H14ClN5O4. The summed E-state index contributed by atoms with van der Waals surface area (Å²) in [4.78, 5) is 18.5. The predicted octanol–water partition coefficient (Wildman–Crippen LogP) is 1.70. The van der Waals surface area contributed by atoms with E-state index in [0.717, 1.165) is 0 Å². The van der Waals surface area contributed by atoms with Crippen LogP contribution in [0.25, 0.3) is 11.3 Å². The number of nitrogens with zero attached hydrogens (tertiary/aromatic N) is 3. The smallest absolute Gasteiger partial charge is 0.341 e. The van der Waals surface area contributed by atoms with E-state index >= 15 is 0 Å². The zero-order valence-corrected chi connectivity index (χ0v) is 13.9. The van der Waals surface area contributed by atoms with E-state index in [1.54, 1.807) is 6.92 Å². The molecule has 0 unspecified atom stereocenters. The number of nitrogens with two attached hydrogens (primary N) is 2. The number of benzene rings is 1. The summed E-state index contributed by atoms with van der Waals surface area (Å²) < 4.78 is 10.6. The van der Waals surface area contributed by atoms with Crippen molar-refractivity contribution in [1.82, 2.24) is 9.97 Å². The SMILES string of the molecule is CCOc1cc(-c2nc(N)nc(N)c2C#N)c(Cl)cc1OCC(=O)O. The molecule has 2 aromatic rings. The van der Waals surface area contributed by atoms with E-state index in [4.69, 9.17) is 37.6 Å². The number of hydrogen-bond donors (Lipinski definition) is 3. The number of nitriles is 1. The third-order valence-corrected chi connectivity index (χ3v) is 3.32. The van der Waals surface area contributed by atoms with E-state index in [1.807, 2.05) is 6.07 Å². The normalized spacial score (nSPS) is 10.1. The molecule has 1 aromatic carbocycles. The van der Waals surface area contributed by atoms with Gasteiger partial charge in [0.25, 0.3) is 0 Å². The van der Waals surface area contributed by atoms with E-state index < -0.39 is 12.6 Å². The van der Waals surface area contributed by atoms with Gasteiger partial charge in [0.05, 0.1) is 17.3 Å². The number of rotatable bonds is 6. The number of nitrogen functional groups attached to an aromatic ring is 2. The van der Waals surface area contributed by atoms with Crippen molar-refractivity contribution in [3.8, 4) is 28.8 Å². The van der Waals surface area contributed by atoms with Gasteiger partial charge in [-0.1, -0.05) is 11.6 Å². The van der Waals surface area contributed by atoms with Crippen LogP contribution in [0.3, 0.4) is 0 Å². The highest BCUT2D eigenvalue weighted by atomic mass is 35.5. The fourth-order valence-corrected chi connectivity index (χ4v) is 2.28. The molecule has 0 spiro atoms. The Kier molecular flexibility index (Phi) is 5.46. The maximum atomic E-state index is 10.7. The molecule has 0 aliphatic rings. The van der Waals surface area contributed by atoms with Crippen LogP contribution in [0.5, 0.6) is 11.5 Å². The maximum Gasteiger partial charge on any atom is 0.341 e. The number of ether oxygens (including phenoxy) is 2. The largest absolute Gasteiger partial charge is 0.490 e. The van der Waals surface area contributed by atoms with Crippen molar-refractivity contribution in [1.29, 1.82) is 5.26 Å². The van der Waals surface area contributed by atoms with Crippen LogP contribution < -0.4 is 20.9 Å². The van der Waals surface area contributed by atoms with Gasteiger partial charge in [0.15, 0.2) is 18.1 Å². The number of anilines is 2. The van der Waals surface area contributed by atoms with Crippen LogP contribution in [-0.2, 0) is 4.79 Å². The summed E-state index contributed by atoms with van der Waals surface area (Å²) in [6.07, 6.45) is 0. The van der Waals surface area contributed by atoms with Crippen LogP contribution in [0.15, 0.2) is 12.1 Å². The number of carbonyl (C=O) groups is 1. The van der Waals surface area contributed by atoms with Crippen molar-refractivity contribution in [3.05, 3.63) is 22.7 Å². The molecule has 0 bridgehead atoms. The van der Waals surface area contributed by atoms with Crippen molar-refractivity contribution in [2.45, 2.75) is 6.92 Å². The average molecular weight is 364 g/mol. The first-order chi connectivity index (χ1) is 11.9. The van der Waals surface area contributed by atoms with Crippen molar-refractivity contribution < 1.29 is 19.4 Å². The molecule has 0 fully saturated rings. The van der Waals surface area contributed by atoms with Gasteiger partial charge in [0.1, 0.15) is 17.5 Å². The minimum Gasteiger partial charge on any atom is -0.490 e. The van der Waals surface area contributed by atoms with Gasteiger partial charge in [0, 0.05) is 11.6 Å². The highest BCUT2D eigenvalue weighted by Gasteiger charge is 2.19. The van der Waals surface area contributed by atoms with Crippen LogP contribution in [0.2, 0.25) is 5.02 Å². The first kappa shape index (κ1) is 18.1. The number of carboxylic acid groups (broad SMARTS) is 1. The molecule has 25 heavy (non-hydrogen) atoms. The average Bonchev–Trinajstić information content (AvgIpc) is 2.54. The van der Waals surface area contributed by atoms with Crippen molar-refractivity contribution in [2.24, 2.45) is 0 Å². The highest BCUT2D eigenvalue weighted by molar-refractivity contribution is 6.33. The second-order valence-electron chi connectivity index (χ2n) is 4.70. The molecule has 0 radical (unpaired) electrons. The zero-order valence-electron chi connectivity index (χ0n) is 13.1. The number of halogens is 1. The van der Waals surface area contributed by atoms with Gasteiger partial charge in [-0.05, 0) is 13.0 Å². The van der Waals surface area contributed by atoms with Crippen molar-refractivity contribution in [2.75, 3.05) is 24.7 Å². The van der Waals surface area contributed by atoms with Crippen molar-refractivity contribution >= 4 is 29.3 Å². The summed E-state index contributed by atoms with van der Waals surface area (Å²) in [5.41, 5.74) is 11.8. The Morgan fingerprint density at radius 2 is 2.00 bits per heavy atom. The van der Waals surface area contributed by atoms with Crippen LogP contribution in [0.1, 0.15) is 12.5 Å². The predicted molar refractivity (Wildman–Crippen MR) is 90.3 cm³/mol. The van der Waals surface area contributed by atoms with E-state index in [9.17, 15) is 10.1 Å². The Balaban J connectivity index is 2.62. The molecule has 1 aromatic heterocycles. The molecule has 2 rings (SSSR count).